The molecule has 1 rings (SSSR count). The van der Waals surface area contributed by atoms with Crippen LogP contribution in [0.4, 0.5) is 0 Å². The van der Waals surface area contributed by atoms with E-state index in [0.717, 1.165) is 5.56 Å². The van der Waals surface area contributed by atoms with Gasteiger partial charge in [-0.25, -0.2) is 5.53 Å². The number of benzene rings is 1. The van der Waals surface area contributed by atoms with Crippen molar-refractivity contribution in [1.29, 1.82) is 5.53 Å². The average molecular weight is 175 g/mol. The quantitative estimate of drug-likeness (QED) is 0.414. The standard InChI is InChI=1S/C8H9N5/c9-12-8(6-11-13-10)7-4-2-1-3-5-7/h1-5,8-9H,6H2/t8-/m0/s1. The molecule has 0 aliphatic carbocycles. The summed E-state index contributed by atoms with van der Waals surface area (Å²) in [6.07, 6.45) is 0. The summed E-state index contributed by atoms with van der Waals surface area (Å²) >= 11 is 0. The Morgan fingerprint density at radius 3 is 2.62 bits per heavy atom. The molecule has 0 heterocycles. The van der Waals surface area contributed by atoms with Crippen molar-refractivity contribution in [2.24, 2.45) is 10.2 Å². The van der Waals surface area contributed by atoms with Crippen molar-refractivity contribution in [2.75, 3.05) is 6.54 Å². The first kappa shape index (κ1) is 9.22. The zero-order valence-electron chi connectivity index (χ0n) is 6.96. The Labute approximate surface area is 75.5 Å². The van der Waals surface area contributed by atoms with Crippen molar-refractivity contribution >= 4 is 0 Å². The van der Waals surface area contributed by atoms with E-state index < -0.39 is 0 Å². The van der Waals surface area contributed by atoms with Gasteiger partial charge in [0.2, 0.25) is 0 Å². The number of nitrogens with one attached hydrogen (secondary N) is 1. The van der Waals surface area contributed by atoms with Gasteiger partial charge < -0.3 is 0 Å². The maximum Gasteiger partial charge on any atom is 0.101 e. The summed E-state index contributed by atoms with van der Waals surface area (Å²) in [7, 11) is 0. The highest BCUT2D eigenvalue weighted by Gasteiger charge is 2.06. The third-order valence-corrected chi connectivity index (χ3v) is 1.66. The molecule has 0 amide bonds. The van der Waals surface area contributed by atoms with Crippen LogP contribution in [0.5, 0.6) is 0 Å². The Bertz CT molecular complexity index is 315. The zero-order chi connectivity index (χ0) is 9.52. The molecule has 0 radical (unpaired) electrons. The largest absolute Gasteiger partial charge is 0.209 e. The fourth-order valence-corrected chi connectivity index (χ4v) is 1.01. The van der Waals surface area contributed by atoms with E-state index in [2.05, 4.69) is 15.1 Å². The summed E-state index contributed by atoms with van der Waals surface area (Å²) in [5.74, 6) is 0. The first-order valence-electron chi connectivity index (χ1n) is 3.81. The summed E-state index contributed by atoms with van der Waals surface area (Å²) in [6, 6.07) is 8.98. The van der Waals surface area contributed by atoms with E-state index in [-0.39, 0.29) is 12.6 Å². The first-order chi connectivity index (χ1) is 6.38. The van der Waals surface area contributed by atoms with E-state index in [1.807, 2.05) is 30.3 Å². The predicted molar refractivity (Wildman–Crippen MR) is 48.3 cm³/mol. The van der Waals surface area contributed by atoms with E-state index in [4.69, 9.17) is 11.1 Å². The molecule has 66 valence electrons. The molecule has 0 aliphatic rings. The molecule has 0 aliphatic heterocycles. The van der Waals surface area contributed by atoms with E-state index in [0.29, 0.717) is 0 Å². The molecule has 13 heavy (non-hydrogen) atoms. The minimum atomic E-state index is -0.350. The Balaban J connectivity index is 2.78. The van der Waals surface area contributed by atoms with Crippen LogP contribution < -0.4 is 0 Å². The second kappa shape index (κ2) is 4.90. The van der Waals surface area contributed by atoms with Crippen LogP contribution in [0.25, 0.3) is 10.4 Å². The van der Waals surface area contributed by atoms with Crippen LogP contribution in [0.3, 0.4) is 0 Å². The van der Waals surface area contributed by atoms with Gasteiger partial charge in [-0.1, -0.05) is 35.4 Å². The number of hydrogen-bond acceptors (Lipinski definition) is 3. The van der Waals surface area contributed by atoms with Crippen molar-refractivity contribution in [3.8, 4) is 0 Å². The average Bonchev–Trinajstić information content (AvgIpc) is 2.21. The van der Waals surface area contributed by atoms with E-state index in [1.165, 1.54) is 0 Å². The molecule has 0 spiro atoms. The van der Waals surface area contributed by atoms with Crippen molar-refractivity contribution < 1.29 is 0 Å². The summed E-state index contributed by atoms with van der Waals surface area (Å²) < 4.78 is 0. The normalized spacial score (nSPS) is 11.4. The number of rotatable bonds is 4. The lowest BCUT2D eigenvalue weighted by Gasteiger charge is -2.06. The molecule has 1 aromatic carbocycles. The van der Waals surface area contributed by atoms with Crippen LogP contribution in [0.2, 0.25) is 0 Å². The summed E-state index contributed by atoms with van der Waals surface area (Å²) in [5, 5.41) is 6.77. The van der Waals surface area contributed by atoms with Gasteiger partial charge in [0.25, 0.3) is 0 Å². The van der Waals surface area contributed by atoms with Crippen molar-refractivity contribution in [2.45, 2.75) is 6.04 Å². The SMILES string of the molecule is [N-]=[N+]=NC[C@H](N=N)c1ccccc1. The molecule has 1 atom stereocenters. The summed E-state index contributed by atoms with van der Waals surface area (Å²) in [5.41, 5.74) is 15.9. The molecule has 5 nitrogen and oxygen atoms in total. The van der Waals surface area contributed by atoms with Crippen LogP contribution in [-0.2, 0) is 0 Å². The van der Waals surface area contributed by atoms with Crippen molar-refractivity contribution in [3.63, 3.8) is 0 Å². The van der Waals surface area contributed by atoms with Crippen LogP contribution in [-0.4, -0.2) is 6.54 Å². The Hall–Kier alpha value is -1.87. The van der Waals surface area contributed by atoms with Crippen LogP contribution in [0.15, 0.2) is 40.6 Å². The second-order valence-corrected chi connectivity index (χ2v) is 2.47. The maximum absolute atomic E-state index is 8.11. The fraction of sp³-hybridized carbons (Fsp3) is 0.250. The van der Waals surface area contributed by atoms with Crippen molar-refractivity contribution in [1.82, 2.24) is 0 Å². The highest BCUT2D eigenvalue weighted by Crippen LogP contribution is 2.16. The monoisotopic (exact) mass is 175 g/mol. The minimum absolute atomic E-state index is 0.198. The van der Waals surface area contributed by atoms with Gasteiger partial charge in [-0.2, -0.15) is 5.11 Å². The fourth-order valence-electron chi connectivity index (χ4n) is 1.01. The Morgan fingerprint density at radius 1 is 1.38 bits per heavy atom. The zero-order valence-corrected chi connectivity index (χ0v) is 6.96. The summed E-state index contributed by atoms with van der Waals surface area (Å²) in [6.45, 7) is 0.198. The lowest BCUT2D eigenvalue weighted by atomic mass is 10.1. The molecular weight excluding hydrogens is 166 g/mol. The van der Waals surface area contributed by atoms with Crippen molar-refractivity contribution in [3.05, 3.63) is 46.3 Å². The lowest BCUT2D eigenvalue weighted by Crippen LogP contribution is -1.97. The highest BCUT2D eigenvalue weighted by molar-refractivity contribution is 5.19. The Morgan fingerprint density at radius 2 is 2.08 bits per heavy atom. The first-order valence-corrected chi connectivity index (χ1v) is 3.81. The van der Waals surface area contributed by atoms with E-state index >= 15 is 0 Å². The topological polar surface area (TPSA) is 85.0 Å². The van der Waals surface area contributed by atoms with Crippen LogP contribution in [0.1, 0.15) is 11.6 Å². The van der Waals surface area contributed by atoms with Gasteiger partial charge >= 0.3 is 0 Å². The van der Waals surface area contributed by atoms with Gasteiger partial charge in [0, 0.05) is 4.91 Å². The molecular formula is C8H9N5. The third-order valence-electron chi connectivity index (χ3n) is 1.66. The molecule has 0 saturated carbocycles. The molecule has 1 N–H and O–H groups in total. The predicted octanol–water partition coefficient (Wildman–Crippen LogP) is 3.07. The summed E-state index contributed by atoms with van der Waals surface area (Å²) in [4.78, 5) is 2.63. The van der Waals surface area contributed by atoms with E-state index in [9.17, 15) is 0 Å². The van der Waals surface area contributed by atoms with E-state index in [1.54, 1.807) is 0 Å². The van der Waals surface area contributed by atoms with Gasteiger partial charge in [0.05, 0.1) is 6.54 Å². The third kappa shape index (κ3) is 2.57. The van der Waals surface area contributed by atoms with Crippen LogP contribution >= 0.6 is 0 Å². The van der Waals surface area contributed by atoms with Gasteiger partial charge in [0.15, 0.2) is 0 Å². The lowest BCUT2D eigenvalue weighted by molar-refractivity contribution is 0.674. The molecule has 1 aromatic rings. The number of nitrogens with zero attached hydrogens (tertiary/aromatic N) is 4. The smallest absolute Gasteiger partial charge is 0.101 e. The van der Waals surface area contributed by atoms with Gasteiger partial charge in [-0.05, 0) is 11.1 Å². The molecule has 5 heteroatoms. The molecule has 0 bridgehead atoms. The molecule has 0 fully saturated rings. The molecule has 0 aromatic heterocycles. The minimum Gasteiger partial charge on any atom is -0.209 e. The van der Waals surface area contributed by atoms with Gasteiger partial charge in [0.1, 0.15) is 6.04 Å². The number of hydrogen-bond donors (Lipinski definition) is 1. The molecule has 0 unspecified atom stereocenters. The van der Waals surface area contributed by atoms with Gasteiger partial charge in [-0.3, -0.25) is 0 Å². The second-order valence-electron chi connectivity index (χ2n) is 2.47. The maximum atomic E-state index is 8.11. The Kier molecular flexibility index (Phi) is 3.47. The highest BCUT2D eigenvalue weighted by atomic mass is 15.1. The number of azide groups is 1. The van der Waals surface area contributed by atoms with Gasteiger partial charge in [-0.15, -0.1) is 0 Å². The van der Waals surface area contributed by atoms with Crippen LogP contribution in [0, 0.1) is 5.53 Å². The molecule has 0 saturated heterocycles.